The quantitative estimate of drug-likeness (QED) is 0.470. The molecule has 1 aliphatic rings. The molecule has 1 atom stereocenters. The summed E-state index contributed by atoms with van der Waals surface area (Å²) in [6.07, 6.45) is 6.95. The molecule has 0 amide bonds. The van der Waals surface area contributed by atoms with Gasteiger partial charge in [-0.05, 0) is 26.2 Å². The van der Waals surface area contributed by atoms with Crippen molar-refractivity contribution in [2.24, 2.45) is 0 Å². The maximum absolute atomic E-state index is 9.32. The van der Waals surface area contributed by atoms with Crippen LogP contribution in [0.2, 0.25) is 0 Å². The fraction of sp³-hybridized carbons (Fsp3) is 0.714. The van der Waals surface area contributed by atoms with Crippen LogP contribution in [0.25, 0.3) is 0 Å². The first kappa shape index (κ1) is 5.83. The Kier molecular flexibility index (Phi) is 1.39. The summed E-state index contributed by atoms with van der Waals surface area (Å²) < 4.78 is 0. The maximum Gasteiger partial charge on any atom is 0.0657 e. The van der Waals surface area contributed by atoms with Gasteiger partial charge in [-0.15, -0.1) is 0 Å². The van der Waals surface area contributed by atoms with Gasteiger partial charge in [-0.3, -0.25) is 0 Å². The number of hydrogen-bond acceptors (Lipinski definition) is 1. The molecular weight excluding hydrogens is 100 g/mol. The number of aliphatic hydroxyl groups is 1. The molecule has 0 bridgehead atoms. The molecule has 0 spiro atoms. The summed E-state index contributed by atoms with van der Waals surface area (Å²) in [6.45, 7) is 1.89. The van der Waals surface area contributed by atoms with Crippen molar-refractivity contribution in [2.75, 3.05) is 0 Å². The third-order valence-corrected chi connectivity index (χ3v) is 1.57. The normalized spacial score (nSPS) is 37.8. The molecule has 0 aliphatic heterocycles. The maximum atomic E-state index is 9.32. The van der Waals surface area contributed by atoms with Crippen molar-refractivity contribution in [1.82, 2.24) is 0 Å². The van der Waals surface area contributed by atoms with Gasteiger partial charge in [0, 0.05) is 0 Å². The third-order valence-electron chi connectivity index (χ3n) is 1.57. The number of rotatable bonds is 0. The Morgan fingerprint density at radius 1 is 1.50 bits per heavy atom. The molecule has 1 heteroatoms. The molecule has 8 heavy (non-hydrogen) atoms. The van der Waals surface area contributed by atoms with E-state index in [2.05, 4.69) is 6.08 Å². The van der Waals surface area contributed by atoms with Gasteiger partial charge in [0.1, 0.15) is 0 Å². The topological polar surface area (TPSA) is 20.2 Å². The lowest BCUT2D eigenvalue weighted by molar-refractivity contribution is 0.0511. The Morgan fingerprint density at radius 2 is 2.25 bits per heavy atom. The lowest BCUT2D eigenvalue weighted by Crippen LogP contribution is -2.24. The molecule has 0 saturated heterocycles. The third kappa shape index (κ3) is 1.34. The second-order valence-corrected chi connectivity index (χ2v) is 2.71. The minimum Gasteiger partial charge on any atom is -0.390 e. The molecule has 0 aromatic rings. The van der Waals surface area contributed by atoms with E-state index in [0.29, 0.717) is 0 Å². The molecule has 1 rings (SSSR count). The summed E-state index contributed by atoms with van der Waals surface area (Å²) in [4.78, 5) is 0. The number of hydrogen-bond donors (Lipinski definition) is 1. The SMILES string of the molecule is C[C@]1(O)CC=CCC1. The highest BCUT2D eigenvalue weighted by Crippen LogP contribution is 2.21. The van der Waals surface area contributed by atoms with Gasteiger partial charge in [-0.25, -0.2) is 0 Å². The van der Waals surface area contributed by atoms with E-state index in [1.165, 1.54) is 0 Å². The molecule has 46 valence electrons. The van der Waals surface area contributed by atoms with E-state index >= 15 is 0 Å². The lowest BCUT2D eigenvalue weighted by atomic mass is 9.92. The van der Waals surface area contributed by atoms with Crippen LogP contribution in [0.5, 0.6) is 0 Å². The van der Waals surface area contributed by atoms with Gasteiger partial charge in [0.25, 0.3) is 0 Å². The van der Waals surface area contributed by atoms with Crippen LogP contribution in [0.3, 0.4) is 0 Å². The summed E-state index contributed by atoms with van der Waals surface area (Å²) in [5, 5.41) is 9.32. The van der Waals surface area contributed by atoms with E-state index in [0.717, 1.165) is 19.3 Å². The zero-order valence-electron chi connectivity index (χ0n) is 5.22. The van der Waals surface area contributed by atoms with Crippen LogP contribution >= 0.6 is 0 Å². The molecule has 0 saturated carbocycles. The monoisotopic (exact) mass is 112 g/mol. The zero-order valence-corrected chi connectivity index (χ0v) is 5.22. The molecule has 1 nitrogen and oxygen atoms in total. The average molecular weight is 112 g/mol. The van der Waals surface area contributed by atoms with Gasteiger partial charge in [0.05, 0.1) is 5.60 Å². The van der Waals surface area contributed by atoms with E-state index in [-0.39, 0.29) is 0 Å². The van der Waals surface area contributed by atoms with Crippen LogP contribution in [-0.4, -0.2) is 10.7 Å². The molecule has 0 aromatic carbocycles. The second-order valence-electron chi connectivity index (χ2n) is 2.71. The van der Waals surface area contributed by atoms with Crippen LogP contribution < -0.4 is 0 Å². The van der Waals surface area contributed by atoms with Crippen molar-refractivity contribution >= 4 is 0 Å². The van der Waals surface area contributed by atoms with Crippen molar-refractivity contribution in [1.29, 1.82) is 0 Å². The second kappa shape index (κ2) is 1.90. The number of allylic oxidation sites excluding steroid dienone is 1. The molecule has 0 aromatic heterocycles. The highest BCUT2D eigenvalue weighted by atomic mass is 16.3. The van der Waals surface area contributed by atoms with Crippen LogP contribution in [0.4, 0.5) is 0 Å². The highest BCUT2D eigenvalue weighted by molar-refractivity contribution is 4.95. The fourth-order valence-electron chi connectivity index (χ4n) is 0.951. The first-order valence-electron chi connectivity index (χ1n) is 3.08. The Hall–Kier alpha value is -0.300. The van der Waals surface area contributed by atoms with Gasteiger partial charge in [-0.2, -0.15) is 0 Å². The Balaban J connectivity index is 2.50. The molecule has 1 N–H and O–H groups in total. The first-order chi connectivity index (χ1) is 3.71. The van der Waals surface area contributed by atoms with Gasteiger partial charge < -0.3 is 5.11 Å². The van der Waals surface area contributed by atoms with E-state index in [1.54, 1.807) is 0 Å². The van der Waals surface area contributed by atoms with Crippen molar-refractivity contribution in [2.45, 2.75) is 31.8 Å². The summed E-state index contributed by atoms with van der Waals surface area (Å²) in [5.74, 6) is 0. The largest absolute Gasteiger partial charge is 0.390 e. The van der Waals surface area contributed by atoms with Gasteiger partial charge >= 0.3 is 0 Å². The minimum absolute atomic E-state index is 0.408. The van der Waals surface area contributed by atoms with E-state index in [4.69, 9.17) is 0 Å². The molecule has 0 heterocycles. The average Bonchev–Trinajstić information content (AvgIpc) is 1.65. The Morgan fingerprint density at radius 3 is 2.50 bits per heavy atom. The Bertz CT molecular complexity index is 103. The molecule has 1 aliphatic carbocycles. The standard InChI is InChI=1S/C7H12O/c1-7(8)5-3-2-4-6-7/h2-3,8H,4-6H2,1H3/t7-/m0/s1. The van der Waals surface area contributed by atoms with Gasteiger partial charge in [0.15, 0.2) is 0 Å². The molecule has 0 fully saturated rings. The summed E-state index contributed by atoms with van der Waals surface area (Å²) in [6, 6.07) is 0. The van der Waals surface area contributed by atoms with Crippen LogP contribution in [0, 0.1) is 0 Å². The predicted octanol–water partition coefficient (Wildman–Crippen LogP) is 1.48. The van der Waals surface area contributed by atoms with Crippen molar-refractivity contribution < 1.29 is 5.11 Å². The molecule has 0 unspecified atom stereocenters. The van der Waals surface area contributed by atoms with Crippen LogP contribution in [0.15, 0.2) is 12.2 Å². The van der Waals surface area contributed by atoms with Crippen LogP contribution in [0.1, 0.15) is 26.2 Å². The van der Waals surface area contributed by atoms with Crippen molar-refractivity contribution in [3.8, 4) is 0 Å². The summed E-state index contributed by atoms with van der Waals surface area (Å²) >= 11 is 0. The predicted molar refractivity (Wildman–Crippen MR) is 33.6 cm³/mol. The Labute approximate surface area is 50.0 Å². The zero-order chi connectivity index (χ0) is 6.04. The molecule has 0 radical (unpaired) electrons. The lowest BCUT2D eigenvalue weighted by Gasteiger charge is -2.23. The smallest absolute Gasteiger partial charge is 0.0657 e. The fourth-order valence-corrected chi connectivity index (χ4v) is 0.951. The van der Waals surface area contributed by atoms with Crippen molar-refractivity contribution in [3.05, 3.63) is 12.2 Å². The van der Waals surface area contributed by atoms with E-state index in [1.807, 2.05) is 13.0 Å². The van der Waals surface area contributed by atoms with Crippen molar-refractivity contribution in [3.63, 3.8) is 0 Å². The van der Waals surface area contributed by atoms with E-state index in [9.17, 15) is 5.11 Å². The molecular formula is C7H12O. The highest BCUT2D eigenvalue weighted by Gasteiger charge is 2.19. The summed E-state index contributed by atoms with van der Waals surface area (Å²) in [7, 11) is 0. The first-order valence-corrected chi connectivity index (χ1v) is 3.08. The minimum atomic E-state index is -0.408. The summed E-state index contributed by atoms with van der Waals surface area (Å²) in [5.41, 5.74) is -0.408. The van der Waals surface area contributed by atoms with Crippen LogP contribution in [-0.2, 0) is 0 Å². The van der Waals surface area contributed by atoms with Gasteiger partial charge in [0.2, 0.25) is 0 Å². The van der Waals surface area contributed by atoms with Gasteiger partial charge in [-0.1, -0.05) is 12.2 Å². The van der Waals surface area contributed by atoms with E-state index < -0.39 is 5.60 Å².